The number of alkyl halides is 1. The van der Waals surface area contributed by atoms with Gasteiger partial charge in [0, 0.05) is 32.3 Å². The number of aromatic nitrogens is 2. The zero-order chi connectivity index (χ0) is 15.0. The lowest BCUT2D eigenvalue weighted by Gasteiger charge is -2.31. The molecule has 4 nitrogen and oxygen atoms in total. The van der Waals surface area contributed by atoms with Gasteiger partial charge < -0.3 is 9.47 Å². The Morgan fingerprint density at radius 3 is 2.95 bits per heavy atom. The van der Waals surface area contributed by atoms with Crippen molar-refractivity contribution in [3.63, 3.8) is 0 Å². The van der Waals surface area contributed by atoms with Gasteiger partial charge in [0.25, 0.3) is 0 Å². The molecule has 0 N–H and O–H groups in total. The summed E-state index contributed by atoms with van der Waals surface area (Å²) in [5.41, 5.74) is 3.39. The molecule has 1 aliphatic heterocycles. The molecule has 21 heavy (non-hydrogen) atoms. The van der Waals surface area contributed by atoms with Crippen LogP contribution >= 0.6 is 11.6 Å². The largest absolute Gasteiger partial charge is 0.344 e. The van der Waals surface area contributed by atoms with E-state index < -0.39 is 0 Å². The molecule has 1 unspecified atom stereocenters. The molecule has 2 aromatic rings. The minimum atomic E-state index is 0.228. The molecule has 3 rings (SSSR count). The lowest BCUT2D eigenvalue weighted by atomic mass is 10.0. The van der Waals surface area contributed by atoms with Gasteiger partial charge in [0.2, 0.25) is 5.91 Å². The Morgan fingerprint density at radius 1 is 1.43 bits per heavy atom. The zero-order valence-corrected chi connectivity index (χ0v) is 13.2. The Hall–Kier alpha value is -1.55. The topological polar surface area (TPSA) is 38.1 Å². The van der Waals surface area contributed by atoms with E-state index in [2.05, 4.69) is 29.7 Å². The lowest BCUT2D eigenvalue weighted by molar-refractivity contribution is -0.132. The van der Waals surface area contributed by atoms with E-state index in [9.17, 15) is 4.79 Å². The summed E-state index contributed by atoms with van der Waals surface area (Å²) in [4.78, 5) is 18.3. The number of hydrogen-bond acceptors (Lipinski definition) is 2. The van der Waals surface area contributed by atoms with Crippen molar-refractivity contribution < 1.29 is 4.79 Å². The molecular weight excluding hydrogens is 286 g/mol. The fourth-order valence-electron chi connectivity index (χ4n) is 3.17. The first-order valence-corrected chi connectivity index (χ1v) is 7.91. The molecule has 2 heterocycles. The number of benzene rings is 1. The van der Waals surface area contributed by atoms with E-state index >= 15 is 0 Å². The summed E-state index contributed by atoms with van der Waals surface area (Å²) in [5.74, 6) is 1.82. The minimum Gasteiger partial charge on any atom is -0.344 e. The molecule has 0 aliphatic carbocycles. The number of nitrogens with zero attached hydrogens (tertiary/aromatic N) is 3. The standard InChI is InChI=1S/C16H20ClN3O/c1-11-4-3-5-13-16(11)18-14(8-9-17)20(13)12-6-7-15(21)19(2)10-12/h3-5,12H,6-10H2,1-2H3. The predicted molar refractivity (Wildman–Crippen MR) is 84.8 cm³/mol. The normalized spacial score (nSPS) is 19.5. The predicted octanol–water partition coefficient (Wildman–Crippen LogP) is 2.92. The number of halogens is 1. The van der Waals surface area contributed by atoms with Gasteiger partial charge in [0.05, 0.1) is 17.1 Å². The van der Waals surface area contributed by atoms with Crippen LogP contribution in [0.4, 0.5) is 0 Å². The van der Waals surface area contributed by atoms with Gasteiger partial charge in [-0.1, -0.05) is 12.1 Å². The highest BCUT2D eigenvalue weighted by Crippen LogP contribution is 2.29. The molecule has 1 aliphatic rings. The molecule has 1 amide bonds. The molecule has 0 spiro atoms. The van der Waals surface area contributed by atoms with Crippen molar-refractivity contribution in [2.45, 2.75) is 32.2 Å². The van der Waals surface area contributed by atoms with E-state index in [1.54, 1.807) is 0 Å². The third-order valence-corrected chi connectivity index (χ3v) is 4.47. The number of amides is 1. The van der Waals surface area contributed by atoms with Crippen LogP contribution in [0.25, 0.3) is 11.0 Å². The van der Waals surface area contributed by atoms with Crippen molar-refractivity contribution in [1.29, 1.82) is 0 Å². The first kappa shape index (κ1) is 14.4. The fraction of sp³-hybridized carbons (Fsp3) is 0.500. The van der Waals surface area contributed by atoms with E-state index in [1.165, 1.54) is 5.56 Å². The van der Waals surface area contributed by atoms with Gasteiger partial charge >= 0.3 is 0 Å². The van der Waals surface area contributed by atoms with Crippen LogP contribution in [-0.4, -0.2) is 39.8 Å². The summed E-state index contributed by atoms with van der Waals surface area (Å²) in [7, 11) is 1.88. The molecule has 5 heteroatoms. The van der Waals surface area contributed by atoms with Crippen LogP contribution < -0.4 is 0 Å². The van der Waals surface area contributed by atoms with Gasteiger partial charge in [-0.25, -0.2) is 4.98 Å². The molecule has 0 radical (unpaired) electrons. The highest BCUT2D eigenvalue weighted by Gasteiger charge is 2.27. The van der Waals surface area contributed by atoms with Crippen molar-refractivity contribution in [2.75, 3.05) is 19.5 Å². The number of rotatable bonds is 3. The Balaban J connectivity index is 2.09. The Bertz CT molecular complexity index is 679. The number of imidazole rings is 1. The maximum absolute atomic E-state index is 11.7. The molecule has 1 saturated heterocycles. The number of carbonyl (C=O) groups excluding carboxylic acids is 1. The SMILES string of the molecule is Cc1cccc2c1nc(CCCl)n2C1CCC(=O)N(C)C1. The summed E-state index contributed by atoms with van der Waals surface area (Å²) >= 11 is 5.95. The molecule has 1 aromatic heterocycles. The number of likely N-dealkylation sites (tertiary alicyclic amines) is 1. The summed E-state index contributed by atoms with van der Waals surface area (Å²) < 4.78 is 2.30. The average Bonchev–Trinajstić information content (AvgIpc) is 2.82. The summed E-state index contributed by atoms with van der Waals surface area (Å²) in [6, 6.07) is 6.56. The van der Waals surface area contributed by atoms with Crippen LogP contribution in [0.1, 0.15) is 30.3 Å². The highest BCUT2D eigenvalue weighted by atomic mass is 35.5. The van der Waals surface area contributed by atoms with E-state index in [4.69, 9.17) is 16.6 Å². The minimum absolute atomic E-state index is 0.228. The number of carbonyl (C=O) groups is 1. The summed E-state index contributed by atoms with van der Waals surface area (Å²) in [6.45, 7) is 2.83. The monoisotopic (exact) mass is 305 g/mol. The van der Waals surface area contributed by atoms with Gasteiger partial charge in [-0.15, -0.1) is 11.6 Å². The molecule has 0 bridgehead atoms. The fourth-order valence-corrected chi connectivity index (χ4v) is 3.34. The van der Waals surface area contributed by atoms with E-state index in [0.29, 0.717) is 12.3 Å². The first-order valence-electron chi connectivity index (χ1n) is 7.38. The second-order valence-electron chi connectivity index (χ2n) is 5.75. The van der Waals surface area contributed by atoms with E-state index in [0.717, 1.165) is 36.2 Å². The number of likely N-dealkylation sites (N-methyl/N-ethyl adjacent to an activating group) is 1. The van der Waals surface area contributed by atoms with Crippen molar-refractivity contribution in [3.05, 3.63) is 29.6 Å². The van der Waals surface area contributed by atoms with Gasteiger partial charge in [-0.3, -0.25) is 4.79 Å². The van der Waals surface area contributed by atoms with Crippen molar-refractivity contribution in [2.24, 2.45) is 0 Å². The molecule has 1 aromatic carbocycles. The van der Waals surface area contributed by atoms with Crippen LogP contribution in [0.3, 0.4) is 0 Å². The zero-order valence-electron chi connectivity index (χ0n) is 12.5. The number of aryl methyl sites for hydroxylation is 2. The lowest BCUT2D eigenvalue weighted by Crippen LogP contribution is -2.38. The third-order valence-electron chi connectivity index (χ3n) is 4.28. The van der Waals surface area contributed by atoms with Gasteiger partial charge in [-0.2, -0.15) is 0 Å². The molecule has 1 fully saturated rings. The van der Waals surface area contributed by atoms with Crippen LogP contribution in [0.15, 0.2) is 18.2 Å². The maximum Gasteiger partial charge on any atom is 0.222 e. The maximum atomic E-state index is 11.7. The smallest absolute Gasteiger partial charge is 0.222 e. The van der Waals surface area contributed by atoms with Crippen molar-refractivity contribution in [1.82, 2.24) is 14.5 Å². The third kappa shape index (κ3) is 2.53. The number of fused-ring (bicyclic) bond motifs is 1. The van der Waals surface area contributed by atoms with Crippen LogP contribution in [0.2, 0.25) is 0 Å². The molecule has 0 saturated carbocycles. The highest BCUT2D eigenvalue weighted by molar-refractivity contribution is 6.17. The quantitative estimate of drug-likeness (QED) is 0.818. The van der Waals surface area contributed by atoms with Gasteiger partial charge in [0.1, 0.15) is 5.82 Å². The first-order chi connectivity index (χ1) is 10.1. The number of hydrogen-bond donors (Lipinski definition) is 0. The second kappa shape index (κ2) is 5.68. The molecule has 112 valence electrons. The van der Waals surface area contributed by atoms with E-state index in [-0.39, 0.29) is 11.9 Å². The number of piperidine rings is 1. The van der Waals surface area contributed by atoms with Crippen LogP contribution in [0, 0.1) is 6.92 Å². The Morgan fingerprint density at radius 2 is 2.24 bits per heavy atom. The van der Waals surface area contributed by atoms with Crippen molar-refractivity contribution >= 4 is 28.5 Å². The average molecular weight is 306 g/mol. The van der Waals surface area contributed by atoms with Crippen molar-refractivity contribution in [3.8, 4) is 0 Å². The summed E-state index contributed by atoms with van der Waals surface area (Å²) in [6.07, 6.45) is 2.23. The van der Waals surface area contributed by atoms with Gasteiger partial charge in [0.15, 0.2) is 0 Å². The number of para-hydroxylation sites is 1. The Kier molecular flexibility index (Phi) is 3.89. The second-order valence-corrected chi connectivity index (χ2v) is 6.12. The van der Waals surface area contributed by atoms with Crippen LogP contribution in [-0.2, 0) is 11.2 Å². The summed E-state index contributed by atoms with van der Waals surface area (Å²) in [5, 5.41) is 0. The molecular formula is C16H20ClN3O. The van der Waals surface area contributed by atoms with Crippen LogP contribution in [0.5, 0.6) is 0 Å². The van der Waals surface area contributed by atoms with E-state index in [1.807, 2.05) is 11.9 Å². The Labute approximate surface area is 129 Å². The van der Waals surface area contributed by atoms with Gasteiger partial charge in [-0.05, 0) is 25.0 Å². The molecule has 1 atom stereocenters.